The van der Waals surface area contributed by atoms with E-state index in [1.165, 1.54) is 0 Å². The van der Waals surface area contributed by atoms with E-state index < -0.39 is 37.1 Å². The van der Waals surface area contributed by atoms with Gasteiger partial charge in [-0.2, -0.15) is 0 Å². The first-order valence-corrected chi connectivity index (χ1v) is 3.88. The van der Waals surface area contributed by atoms with Crippen LogP contribution in [-0.2, 0) is 4.74 Å². The van der Waals surface area contributed by atoms with Crippen LogP contribution < -0.4 is 0 Å². The monoisotopic (exact) mass is 188 g/mol. The van der Waals surface area contributed by atoms with Gasteiger partial charge in [0.2, 0.25) is 0 Å². The van der Waals surface area contributed by atoms with Crippen molar-refractivity contribution in [1.29, 1.82) is 0 Å². The predicted molar refractivity (Wildman–Crippen MR) is 42.6 cm³/mol. The summed E-state index contributed by atoms with van der Waals surface area (Å²) in [7, 11) is 0. The molecule has 0 aromatic carbocycles. The van der Waals surface area contributed by atoms with Crippen molar-refractivity contribution >= 4 is 0 Å². The Morgan fingerprint density at radius 3 is 2.23 bits per heavy atom. The zero-order chi connectivity index (χ0) is 10.0. The van der Waals surface area contributed by atoms with Crippen LogP contribution in [-0.4, -0.2) is 57.6 Å². The average molecular weight is 188 g/mol. The van der Waals surface area contributed by atoms with E-state index in [0.717, 1.165) is 0 Å². The second-order valence-corrected chi connectivity index (χ2v) is 2.92. The fraction of sp³-hybridized carbons (Fsp3) is 0.750. The molecule has 0 radical (unpaired) electrons. The van der Waals surface area contributed by atoms with E-state index in [1.807, 2.05) is 0 Å². The van der Waals surface area contributed by atoms with Gasteiger partial charge in [0.15, 0.2) is 0 Å². The van der Waals surface area contributed by atoms with E-state index in [2.05, 4.69) is 5.92 Å². The molecular formula is C8H12O5. The normalized spacial score (nSPS) is 45.6. The second-order valence-electron chi connectivity index (χ2n) is 2.92. The second kappa shape index (κ2) is 4.05. The smallest absolute Gasteiger partial charge is 0.146 e. The molecular weight excluding hydrogens is 176 g/mol. The number of aliphatic hydroxyl groups is 4. The van der Waals surface area contributed by atoms with Gasteiger partial charge in [-0.1, -0.05) is 5.92 Å². The van der Waals surface area contributed by atoms with Crippen LogP contribution in [0.25, 0.3) is 0 Å². The molecule has 0 amide bonds. The highest BCUT2D eigenvalue weighted by Crippen LogP contribution is 2.20. The molecule has 4 N–H and O–H groups in total. The van der Waals surface area contributed by atoms with Crippen LogP contribution in [0.3, 0.4) is 0 Å². The summed E-state index contributed by atoms with van der Waals surface area (Å²) >= 11 is 0. The number of terminal acetylenes is 1. The summed E-state index contributed by atoms with van der Waals surface area (Å²) in [5, 5.41) is 36.5. The van der Waals surface area contributed by atoms with Crippen LogP contribution in [0.2, 0.25) is 0 Å². The maximum Gasteiger partial charge on any atom is 0.146 e. The number of rotatable bonds is 1. The van der Waals surface area contributed by atoms with Crippen LogP contribution in [0.15, 0.2) is 0 Å². The predicted octanol–water partition coefficient (Wildman–Crippen LogP) is -2.54. The molecule has 5 heteroatoms. The van der Waals surface area contributed by atoms with Crippen molar-refractivity contribution in [2.45, 2.75) is 30.5 Å². The van der Waals surface area contributed by atoms with Gasteiger partial charge in [0, 0.05) is 0 Å². The van der Waals surface area contributed by atoms with Gasteiger partial charge in [-0.05, 0) is 0 Å². The SMILES string of the molecule is C#C[C@H]1OC(CO)[C@@H](O)C(O)[C@@H]1O. The van der Waals surface area contributed by atoms with Crippen LogP contribution in [0, 0.1) is 12.3 Å². The van der Waals surface area contributed by atoms with E-state index in [0.29, 0.717) is 0 Å². The Labute approximate surface area is 75.6 Å². The maximum atomic E-state index is 9.26. The number of aliphatic hydroxyl groups excluding tert-OH is 4. The lowest BCUT2D eigenvalue weighted by molar-refractivity contribution is -0.214. The third-order valence-electron chi connectivity index (χ3n) is 2.06. The van der Waals surface area contributed by atoms with Crippen LogP contribution in [0.5, 0.6) is 0 Å². The number of ether oxygens (including phenoxy) is 1. The molecule has 0 aromatic rings. The quantitative estimate of drug-likeness (QED) is 0.340. The Hall–Kier alpha value is -0.640. The summed E-state index contributed by atoms with van der Waals surface area (Å²) in [6.45, 7) is -0.455. The number of hydrogen-bond acceptors (Lipinski definition) is 5. The zero-order valence-corrected chi connectivity index (χ0v) is 6.87. The van der Waals surface area contributed by atoms with E-state index in [-0.39, 0.29) is 0 Å². The minimum Gasteiger partial charge on any atom is -0.394 e. The van der Waals surface area contributed by atoms with Crippen LogP contribution in [0.1, 0.15) is 0 Å². The lowest BCUT2D eigenvalue weighted by Gasteiger charge is -2.37. The molecule has 1 aliphatic heterocycles. The maximum absolute atomic E-state index is 9.26. The molecule has 0 spiro atoms. The van der Waals surface area contributed by atoms with Gasteiger partial charge in [-0.25, -0.2) is 0 Å². The summed E-state index contributed by atoms with van der Waals surface area (Å²) in [5.41, 5.74) is 0. The lowest BCUT2D eigenvalue weighted by atomic mass is 9.96. The number of hydrogen-bond donors (Lipinski definition) is 4. The van der Waals surface area contributed by atoms with E-state index in [1.54, 1.807) is 0 Å². The molecule has 1 rings (SSSR count). The van der Waals surface area contributed by atoms with Crippen molar-refractivity contribution in [2.75, 3.05) is 6.61 Å². The third kappa shape index (κ3) is 1.82. The van der Waals surface area contributed by atoms with Crippen molar-refractivity contribution in [3.8, 4) is 12.3 Å². The molecule has 13 heavy (non-hydrogen) atoms. The molecule has 1 aliphatic rings. The molecule has 0 bridgehead atoms. The van der Waals surface area contributed by atoms with Crippen molar-refractivity contribution in [1.82, 2.24) is 0 Å². The summed E-state index contributed by atoms with van der Waals surface area (Å²) < 4.78 is 4.93. The molecule has 0 aliphatic carbocycles. The van der Waals surface area contributed by atoms with Gasteiger partial charge in [0.1, 0.15) is 30.5 Å². The Balaban J connectivity index is 2.73. The minimum atomic E-state index is -1.38. The Bertz CT molecular complexity index is 209. The summed E-state index contributed by atoms with van der Waals surface area (Å²) in [6.07, 6.45) is -0.941. The molecule has 1 saturated heterocycles. The van der Waals surface area contributed by atoms with Crippen LogP contribution in [0.4, 0.5) is 0 Å². The standard InChI is InChI=1S/C8H12O5/c1-2-4-6(10)8(12)7(11)5(3-9)13-4/h1,4-12H,3H2/t4-,5?,6-,7-,8?/m1/s1. The first-order chi connectivity index (χ1) is 6.11. The Kier molecular flexibility index (Phi) is 3.25. The fourth-order valence-electron chi connectivity index (χ4n) is 1.24. The van der Waals surface area contributed by atoms with Gasteiger partial charge in [-0.15, -0.1) is 6.42 Å². The first-order valence-electron chi connectivity index (χ1n) is 3.88. The molecule has 0 aromatic heterocycles. The Morgan fingerprint density at radius 1 is 1.15 bits per heavy atom. The highest BCUT2D eigenvalue weighted by Gasteiger charge is 2.42. The van der Waals surface area contributed by atoms with Crippen molar-refractivity contribution < 1.29 is 25.2 Å². The van der Waals surface area contributed by atoms with E-state index >= 15 is 0 Å². The topological polar surface area (TPSA) is 90.2 Å². The van der Waals surface area contributed by atoms with Crippen molar-refractivity contribution in [3.63, 3.8) is 0 Å². The third-order valence-corrected chi connectivity index (χ3v) is 2.06. The minimum absolute atomic E-state index is 0.455. The fourth-order valence-corrected chi connectivity index (χ4v) is 1.24. The molecule has 74 valence electrons. The molecule has 5 nitrogen and oxygen atoms in total. The van der Waals surface area contributed by atoms with Gasteiger partial charge in [0.05, 0.1) is 6.61 Å². The molecule has 1 fully saturated rings. The molecule has 1 heterocycles. The van der Waals surface area contributed by atoms with E-state index in [9.17, 15) is 15.3 Å². The summed E-state index contributed by atoms with van der Waals surface area (Å²) in [6, 6.07) is 0. The molecule has 0 saturated carbocycles. The zero-order valence-electron chi connectivity index (χ0n) is 6.87. The van der Waals surface area contributed by atoms with Crippen LogP contribution >= 0.6 is 0 Å². The van der Waals surface area contributed by atoms with Gasteiger partial charge < -0.3 is 25.2 Å². The largest absolute Gasteiger partial charge is 0.394 e. The van der Waals surface area contributed by atoms with Crippen molar-refractivity contribution in [2.24, 2.45) is 0 Å². The highest BCUT2D eigenvalue weighted by atomic mass is 16.5. The van der Waals surface area contributed by atoms with Gasteiger partial charge in [-0.3, -0.25) is 0 Å². The van der Waals surface area contributed by atoms with E-state index in [4.69, 9.17) is 16.3 Å². The Morgan fingerprint density at radius 2 is 1.77 bits per heavy atom. The lowest BCUT2D eigenvalue weighted by Crippen LogP contribution is -2.58. The van der Waals surface area contributed by atoms with Gasteiger partial charge in [0.25, 0.3) is 0 Å². The first kappa shape index (κ1) is 10.4. The summed E-state index contributed by atoms with van der Waals surface area (Å²) in [4.78, 5) is 0. The summed E-state index contributed by atoms with van der Waals surface area (Å²) in [5.74, 6) is 2.11. The molecule has 2 unspecified atom stereocenters. The van der Waals surface area contributed by atoms with Crippen molar-refractivity contribution in [3.05, 3.63) is 0 Å². The highest BCUT2D eigenvalue weighted by molar-refractivity contribution is 5.05. The molecule has 5 atom stereocenters. The average Bonchev–Trinajstić information content (AvgIpc) is 2.15. The van der Waals surface area contributed by atoms with Gasteiger partial charge >= 0.3 is 0 Å².